The highest BCUT2D eigenvalue weighted by molar-refractivity contribution is 7.99. The highest BCUT2D eigenvalue weighted by Crippen LogP contribution is 2.38. The van der Waals surface area contributed by atoms with Crippen LogP contribution in [0.15, 0.2) is 42.5 Å². The van der Waals surface area contributed by atoms with Gasteiger partial charge in [0.25, 0.3) is 5.91 Å². The zero-order valence-electron chi connectivity index (χ0n) is 20.4. The third-order valence-corrected chi connectivity index (χ3v) is 5.94. The Labute approximate surface area is 210 Å². The second-order valence-corrected chi connectivity index (χ2v) is 8.84. The van der Waals surface area contributed by atoms with Crippen molar-refractivity contribution in [3.05, 3.63) is 48.0 Å². The quantitative estimate of drug-likeness (QED) is 0.242. The van der Waals surface area contributed by atoms with Crippen molar-refractivity contribution in [3.8, 4) is 17.2 Å². The lowest BCUT2D eigenvalue weighted by Crippen LogP contribution is -2.43. The molecular formula is C25H33N3O6S. The molecule has 0 unspecified atom stereocenters. The topological polar surface area (TPSA) is 132 Å². The first-order chi connectivity index (χ1) is 16.8. The maximum Gasteiger partial charge on any atom is 0.254 e. The molecule has 0 aromatic heterocycles. The van der Waals surface area contributed by atoms with Crippen molar-refractivity contribution >= 4 is 41.0 Å². The second kappa shape index (κ2) is 14.2. The van der Waals surface area contributed by atoms with E-state index in [1.54, 1.807) is 54.2 Å². The van der Waals surface area contributed by atoms with Gasteiger partial charge in [0, 0.05) is 23.5 Å². The number of amides is 2. The van der Waals surface area contributed by atoms with Crippen LogP contribution in [0.2, 0.25) is 0 Å². The summed E-state index contributed by atoms with van der Waals surface area (Å²) in [6.45, 7) is 2.04. The van der Waals surface area contributed by atoms with Gasteiger partial charge in [0.2, 0.25) is 11.7 Å². The van der Waals surface area contributed by atoms with Crippen LogP contribution in [0.1, 0.15) is 18.9 Å². The van der Waals surface area contributed by atoms with Gasteiger partial charge in [0.1, 0.15) is 6.10 Å². The monoisotopic (exact) mass is 503 g/mol. The van der Waals surface area contributed by atoms with Crippen molar-refractivity contribution in [3.63, 3.8) is 0 Å². The van der Waals surface area contributed by atoms with Crippen molar-refractivity contribution < 1.29 is 28.9 Å². The van der Waals surface area contributed by atoms with Crippen LogP contribution in [0.4, 0.5) is 11.4 Å². The summed E-state index contributed by atoms with van der Waals surface area (Å²) in [6, 6.07) is 9.36. The number of methoxy groups -OCH3 is 3. The molecule has 0 heterocycles. The fraction of sp³-hybridized carbons (Fsp3) is 0.360. The van der Waals surface area contributed by atoms with Gasteiger partial charge in [-0.25, -0.2) is 0 Å². The number of nitrogens with one attached hydrogen (secondary N) is 2. The number of anilines is 2. The summed E-state index contributed by atoms with van der Waals surface area (Å²) in [4.78, 5) is 24.6. The number of aliphatic hydroxyl groups excluding tert-OH is 1. The first kappa shape index (κ1) is 28.0. The van der Waals surface area contributed by atoms with Crippen LogP contribution in [0.25, 0.3) is 6.08 Å². The van der Waals surface area contributed by atoms with E-state index in [0.717, 1.165) is 11.5 Å². The standard InChI is InChI=1S/C25H33N3O6S/c1-5-35-13-12-19(26)23(30)25(31)28-18-9-7-17(8-10-18)27-22(29)11-6-16-14-20(32-2)24(34-4)21(15-16)33-3/h6-11,14-15,19,23,30H,5,12-13,26H2,1-4H3,(H,27,29)(H,28,31)/b11-6+/t19-,23+/m1/s1. The van der Waals surface area contributed by atoms with E-state index < -0.39 is 18.1 Å². The fourth-order valence-corrected chi connectivity index (χ4v) is 3.85. The zero-order valence-corrected chi connectivity index (χ0v) is 21.2. The van der Waals surface area contributed by atoms with Gasteiger partial charge in [-0.2, -0.15) is 11.8 Å². The minimum absolute atomic E-state index is 0.345. The summed E-state index contributed by atoms with van der Waals surface area (Å²) in [7, 11) is 4.56. The average molecular weight is 504 g/mol. The Hall–Kier alpha value is -3.21. The molecule has 0 spiro atoms. The van der Waals surface area contributed by atoms with Crippen molar-refractivity contribution in [2.45, 2.75) is 25.5 Å². The van der Waals surface area contributed by atoms with Gasteiger partial charge in [0.15, 0.2) is 11.5 Å². The van der Waals surface area contributed by atoms with Gasteiger partial charge in [-0.3, -0.25) is 9.59 Å². The van der Waals surface area contributed by atoms with Crippen LogP contribution in [-0.4, -0.2) is 61.9 Å². The normalized spacial score (nSPS) is 12.6. The first-order valence-electron chi connectivity index (χ1n) is 11.0. The molecular weight excluding hydrogens is 470 g/mol. The molecule has 9 nitrogen and oxygen atoms in total. The SMILES string of the molecule is CCSCC[C@@H](N)[C@H](O)C(=O)Nc1ccc(NC(=O)/C=C/c2cc(OC)c(OC)c(OC)c2)cc1. The van der Waals surface area contributed by atoms with Crippen LogP contribution in [0.3, 0.4) is 0 Å². The lowest BCUT2D eigenvalue weighted by atomic mass is 10.1. The van der Waals surface area contributed by atoms with Gasteiger partial charge < -0.3 is 35.7 Å². The van der Waals surface area contributed by atoms with Gasteiger partial charge in [0.05, 0.1) is 21.3 Å². The zero-order chi connectivity index (χ0) is 25.8. The number of ether oxygens (including phenoxy) is 3. The molecule has 2 atom stereocenters. The van der Waals surface area contributed by atoms with Crippen molar-refractivity contribution in [1.82, 2.24) is 0 Å². The molecule has 0 saturated carbocycles. The van der Waals surface area contributed by atoms with Gasteiger partial charge in [-0.05, 0) is 66.0 Å². The Bertz CT molecular complexity index is 988. The van der Waals surface area contributed by atoms with Crippen LogP contribution in [-0.2, 0) is 9.59 Å². The Morgan fingerprint density at radius 1 is 1.03 bits per heavy atom. The Morgan fingerprint density at radius 3 is 2.11 bits per heavy atom. The number of carbonyl (C=O) groups excluding carboxylic acids is 2. The second-order valence-electron chi connectivity index (χ2n) is 7.44. The van der Waals surface area contributed by atoms with Crippen molar-refractivity contribution in [2.75, 3.05) is 43.5 Å². The largest absolute Gasteiger partial charge is 0.493 e. The molecule has 0 aliphatic heterocycles. The lowest BCUT2D eigenvalue weighted by molar-refractivity contribution is -0.125. The average Bonchev–Trinajstić information content (AvgIpc) is 2.87. The summed E-state index contributed by atoms with van der Waals surface area (Å²) in [5.74, 6) is 2.26. The van der Waals surface area contributed by atoms with E-state index in [2.05, 4.69) is 10.6 Å². The van der Waals surface area contributed by atoms with Gasteiger partial charge in [-0.1, -0.05) is 6.92 Å². The molecule has 10 heteroatoms. The maximum absolute atomic E-state index is 12.3. The first-order valence-corrected chi connectivity index (χ1v) is 12.2. The van der Waals surface area contributed by atoms with Gasteiger partial charge >= 0.3 is 0 Å². The van der Waals surface area contributed by atoms with Crippen LogP contribution in [0, 0.1) is 0 Å². The van der Waals surface area contributed by atoms with E-state index in [9.17, 15) is 14.7 Å². The number of thioether (sulfide) groups is 1. The number of carbonyl (C=O) groups is 2. The number of aliphatic hydroxyl groups is 1. The molecule has 0 saturated heterocycles. The Balaban J connectivity index is 1.95. The minimum atomic E-state index is -1.30. The number of hydrogen-bond donors (Lipinski definition) is 4. The molecule has 35 heavy (non-hydrogen) atoms. The molecule has 0 fully saturated rings. The molecule has 2 aromatic rings. The summed E-state index contributed by atoms with van der Waals surface area (Å²) < 4.78 is 15.9. The summed E-state index contributed by atoms with van der Waals surface area (Å²) in [5.41, 5.74) is 7.62. The van der Waals surface area contributed by atoms with Gasteiger partial charge in [-0.15, -0.1) is 0 Å². The third kappa shape index (κ3) is 8.50. The third-order valence-electron chi connectivity index (χ3n) is 5.01. The van der Waals surface area contributed by atoms with Crippen LogP contribution in [0.5, 0.6) is 17.2 Å². The predicted molar refractivity (Wildman–Crippen MR) is 140 cm³/mol. The number of hydrogen-bond acceptors (Lipinski definition) is 8. The fourth-order valence-electron chi connectivity index (χ4n) is 3.12. The molecule has 5 N–H and O–H groups in total. The molecule has 0 aliphatic carbocycles. The lowest BCUT2D eigenvalue weighted by Gasteiger charge is -2.18. The molecule has 0 bridgehead atoms. The molecule has 2 aromatic carbocycles. The smallest absolute Gasteiger partial charge is 0.254 e. The van der Waals surface area contributed by atoms with Crippen LogP contribution >= 0.6 is 11.8 Å². The van der Waals surface area contributed by atoms with E-state index >= 15 is 0 Å². The molecule has 0 radical (unpaired) electrons. The summed E-state index contributed by atoms with van der Waals surface area (Å²) in [6.07, 6.45) is 2.25. The van der Waals surface area contributed by atoms with E-state index in [-0.39, 0.29) is 5.91 Å². The molecule has 0 aliphatic rings. The predicted octanol–water partition coefficient (Wildman–Crippen LogP) is 3.13. The van der Waals surface area contributed by atoms with E-state index in [4.69, 9.17) is 19.9 Å². The highest BCUT2D eigenvalue weighted by atomic mass is 32.2. The van der Waals surface area contributed by atoms with E-state index in [1.165, 1.54) is 27.4 Å². The number of rotatable bonds is 13. The van der Waals surface area contributed by atoms with E-state index in [0.29, 0.717) is 40.6 Å². The Morgan fingerprint density at radius 2 is 1.60 bits per heavy atom. The Kier molecular flexibility index (Phi) is 11.4. The highest BCUT2D eigenvalue weighted by Gasteiger charge is 2.22. The number of nitrogens with two attached hydrogens (primary N) is 1. The van der Waals surface area contributed by atoms with Crippen molar-refractivity contribution in [2.24, 2.45) is 5.73 Å². The van der Waals surface area contributed by atoms with Crippen LogP contribution < -0.4 is 30.6 Å². The van der Waals surface area contributed by atoms with E-state index in [1.807, 2.05) is 6.92 Å². The molecule has 2 amide bonds. The van der Waals surface area contributed by atoms with Crippen molar-refractivity contribution in [1.29, 1.82) is 0 Å². The number of benzene rings is 2. The molecule has 2 rings (SSSR count). The summed E-state index contributed by atoms with van der Waals surface area (Å²) >= 11 is 1.70. The molecule has 190 valence electrons. The summed E-state index contributed by atoms with van der Waals surface area (Å²) in [5, 5.41) is 15.5. The minimum Gasteiger partial charge on any atom is -0.493 e. The maximum atomic E-state index is 12.3.